The number of carbonyl (C=O) groups excluding carboxylic acids is 1. The van der Waals surface area contributed by atoms with Gasteiger partial charge in [-0.05, 0) is 24.1 Å². The Labute approximate surface area is 127 Å². The molecule has 0 atom stereocenters. The van der Waals surface area contributed by atoms with Gasteiger partial charge in [-0.3, -0.25) is 14.9 Å². The monoisotopic (exact) mass is 300 g/mol. The van der Waals surface area contributed by atoms with Gasteiger partial charge in [-0.25, -0.2) is 0 Å². The Balaban J connectivity index is 2.20. The van der Waals surface area contributed by atoms with E-state index in [1.165, 1.54) is 6.07 Å². The Morgan fingerprint density at radius 3 is 2.50 bits per heavy atom. The van der Waals surface area contributed by atoms with Crippen LogP contribution in [0.1, 0.15) is 27.0 Å². The summed E-state index contributed by atoms with van der Waals surface area (Å²) < 4.78 is 0. The SMILES string of the molecule is Cc1cccc(C(=O)NCc2ccccc2CO)c1[N+](=O)[O-]. The fourth-order valence-electron chi connectivity index (χ4n) is 2.24. The van der Waals surface area contributed by atoms with Crippen molar-refractivity contribution in [1.29, 1.82) is 0 Å². The van der Waals surface area contributed by atoms with Crippen molar-refractivity contribution in [2.75, 3.05) is 0 Å². The highest BCUT2D eigenvalue weighted by Gasteiger charge is 2.22. The molecule has 0 heterocycles. The van der Waals surface area contributed by atoms with Gasteiger partial charge in [-0.15, -0.1) is 0 Å². The zero-order chi connectivity index (χ0) is 16.1. The topological polar surface area (TPSA) is 92.5 Å². The number of aliphatic hydroxyl groups excluding tert-OH is 1. The Morgan fingerprint density at radius 1 is 1.18 bits per heavy atom. The summed E-state index contributed by atoms with van der Waals surface area (Å²) in [7, 11) is 0. The molecule has 1 amide bonds. The molecule has 2 aromatic carbocycles. The van der Waals surface area contributed by atoms with E-state index in [4.69, 9.17) is 0 Å². The number of aryl methyl sites for hydroxylation is 1. The minimum absolute atomic E-state index is 0.0338. The highest BCUT2D eigenvalue weighted by atomic mass is 16.6. The number of hydrogen-bond donors (Lipinski definition) is 2. The van der Waals surface area contributed by atoms with E-state index in [0.717, 1.165) is 5.56 Å². The van der Waals surface area contributed by atoms with Gasteiger partial charge in [0.15, 0.2) is 0 Å². The molecule has 0 aliphatic rings. The number of aliphatic hydroxyl groups is 1. The Hall–Kier alpha value is -2.73. The minimum atomic E-state index is -0.550. The molecule has 2 rings (SSSR count). The highest BCUT2D eigenvalue weighted by Crippen LogP contribution is 2.23. The maximum Gasteiger partial charge on any atom is 0.285 e. The van der Waals surface area contributed by atoms with Crippen LogP contribution in [0.25, 0.3) is 0 Å². The van der Waals surface area contributed by atoms with Gasteiger partial charge < -0.3 is 10.4 Å². The third-order valence-electron chi connectivity index (χ3n) is 3.39. The zero-order valence-corrected chi connectivity index (χ0v) is 12.1. The lowest BCUT2D eigenvalue weighted by Crippen LogP contribution is -2.24. The van der Waals surface area contributed by atoms with Crippen LogP contribution in [0.2, 0.25) is 0 Å². The first-order valence-corrected chi connectivity index (χ1v) is 6.74. The van der Waals surface area contributed by atoms with Crippen molar-refractivity contribution in [3.63, 3.8) is 0 Å². The lowest BCUT2D eigenvalue weighted by atomic mass is 10.1. The van der Waals surface area contributed by atoms with E-state index in [1.54, 1.807) is 43.3 Å². The number of carbonyl (C=O) groups is 1. The predicted octanol–water partition coefficient (Wildman–Crippen LogP) is 2.33. The van der Waals surface area contributed by atoms with Crippen molar-refractivity contribution in [3.05, 3.63) is 74.8 Å². The molecule has 114 valence electrons. The maximum atomic E-state index is 12.2. The van der Waals surface area contributed by atoms with Gasteiger partial charge >= 0.3 is 0 Å². The fraction of sp³-hybridized carbons (Fsp3) is 0.188. The lowest BCUT2D eigenvalue weighted by molar-refractivity contribution is -0.385. The molecule has 22 heavy (non-hydrogen) atoms. The summed E-state index contributed by atoms with van der Waals surface area (Å²) in [5.41, 5.74) is 1.77. The molecule has 0 saturated carbocycles. The number of nitro benzene ring substituents is 1. The molecule has 0 radical (unpaired) electrons. The average Bonchev–Trinajstić information content (AvgIpc) is 2.52. The highest BCUT2D eigenvalue weighted by molar-refractivity contribution is 5.98. The second-order valence-corrected chi connectivity index (χ2v) is 4.84. The molecule has 0 bridgehead atoms. The smallest absolute Gasteiger partial charge is 0.285 e. The van der Waals surface area contributed by atoms with Gasteiger partial charge in [0.05, 0.1) is 11.5 Å². The van der Waals surface area contributed by atoms with Crippen molar-refractivity contribution < 1.29 is 14.8 Å². The van der Waals surface area contributed by atoms with E-state index in [-0.39, 0.29) is 24.4 Å². The van der Waals surface area contributed by atoms with E-state index >= 15 is 0 Å². The van der Waals surface area contributed by atoms with Crippen LogP contribution in [0.15, 0.2) is 42.5 Å². The summed E-state index contributed by atoms with van der Waals surface area (Å²) in [5, 5.41) is 23.0. The molecule has 0 unspecified atom stereocenters. The molecular formula is C16H16N2O4. The molecule has 0 saturated heterocycles. The number of nitro groups is 1. The first-order chi connectivity index (χ1) is 10.5. The fourth-order valence-corrected chi connectivity index (χ4v) is 2.24. The second-order valence-electron chi connectivity index (χ2n) is 4.84. The van der Waals surface area contributed by atoms with E-state index in [0.29, 0.717) is 11.1 Å². The summed E-state index contributed by atoms with van der Waals surface area (Å²) in [6.07, 6.45) is 0. The molecule has 2 aromatic rings. The lowest BCUT2D eigenvalue weighted by Gasteiger charge is -2.10. The number of hydrogen-bond acceptors (Lipinski definition) is 4. The molecule has 0 aliphatic heterocycles. The summed E-state index contributed by atoms with van der Waals surface area (Å²) in [5.74, 6) is -0.511. The van der Waals surface area contributed by atoms with Gasteiger partial charge in [0.25, 0.3) is 11.6 Å². The van der Waals surface area contributed by atoms with Crippen LogP contribution in [0, 0.1) is 17.0 Å². The third kappa shape index (κ3) is 3.29. The summed E-state index contributed by atoms with van der Waals surface area (Å²) >= 11 is 0. The van der Waals surface area contributed by atoms with Crippen molar-refractivity contribution in [2.45, 2.75) is 20.1 Å². The third-order valence-corrected chi connectivity index (χ3v) is 3.39. The van der Waals surface area contributed by atoms with Gasteiger partial charge in [-0.2, -0.15) is 0 Å². The molecule has 0 spiro atoms. The number of nitrogens with zero attached hydrogens (tertiary/aromatic N) is 1. The van der Waals surface area contributed by atoms with Crippen LogP contribution in [-0.4, -0.2) is 15.9 Å². The number of nitrogens with one attached hydrogen (secondary N) is 1. The first-order valence-electron chi connectivity index (χ1n) is 6.74. The maximum absolute atomic E-state index is 12.2. The van der Waals surface area contributed by atoms with Crippen LogP contribution >= 0.6 is 0 Å². The van der Waals surface area contributed by atoms with Crippen LogP contribution in [0.4, 0.5) is 5.69 Å². The van der Waals surface area contributed by atoms with Crippen LogP contribution < -0.4 is 5.32 Å². The van der Waals surface area contributed by atoms with Crippen molar-refractivity contribution in [1.82, 2.24) is 5.32 Å². The van der Waals surface area contributed by atoms with Crippen molar-refractivity contribution in [2.24, 2.45) is 0 Å². The molecule has 0 aliphatic carbocycles. The summed E-state index contributed by atoms with van der Waals surface area (Å²) in [6.45, 7) is 1.66. The summed E-state index contributed by atoms with van der Waals surface area (Å²) in [4.78, 5) is 22.8. The van der Waals surface area contributed by atoms with Gasteiger partial charge in [-0.1, -0.05) is 36.4 Å². The van der Waals surface area contributed by atoms with Gasteiger partial charge in [0.1, 0.15) is 5.56 Å². The number of rotatable bonds is 5. The van der Waals surface area contributed by atoms with E-state index in [9.17, 15) is 20.0 Å². The predicted molar refractivity (Wildman–Crippen MR) is 81.4 cm³/mol. The van der Waals surface area contributed by atoms with Crippen LogP contribution in [-0.2, 0) is 13.2 Å². The first kappa shape index (κ1) is 15.7. The number of para-hydroxylation sites is 1. The van der Waals surface area contributed by atoms with Gasteiger partial charge in [0.2, 0.25) is 0 Å². The number of amides is 1. The normalized spacial score (nSPS) is 10.3. The quantitative estimate of drug-likeness (QED) is 0.654. The van der Waals surface area contributed by atoms with E-state index in [2.05, 4.69) is 5.32 Å². The average molecular weight is 300 g/mol. The zero-order valence-electron chi connectivity index (χ0n) is 12.1. The Morgan fingerprint density at radius 2 is 1.86 bits per heavy atom. The van der Waals surface area contributed by atoms with E-state index in [1.807, 2.05) is 0 Å². The summed E-state index contributed by atoms with van der Waals surface area (Å²) in [6, 6.07) is 11.8. The number of benzene rings is 2. The molecule has 6 nitrogen and oxygen atoms in total. The molecule has 0 aromatic heterocycles. The Bertz CT molecular complexity index is 713. The second kappa shape index (κ2) is 6.82. The van der Waals surface area contributed by atoms with Crippen molar-refractivity contribution in [3.8, 4) is 0 Å². The molecule has 0 fully saturated rings. The van der Waals surface area contributed by atoms with Crippen LogP contribution in [0.3, 0.4) is 0 Å². The van der Waals surface area contributed by atoms with Crippen molar-refractivity contribution >= 4 is 11.6 Å². The standard InChI is InChI=1S/C16H16N2O4/c1-11-5-4-8-14(15(11)18(21)22)16(20)17-9-12-6-2-3-7-13(12)10-19/h2-8,19H,9-10H2,1H3,(H,17,20). The van der Waals surface area contributed by atoms with E-state index < -0.39 is 10.8 Å². The van der Waals surface area contributed by atoms with Gasteiger partial charge in [0, 0.05) is 12.1 Å². The largest absolute Gasteiger partial charge is 0.392 e. The van der Waals surface area contributed by atoms with Crippen LogP contribution in [0.5, 0.6) is 0 Å². The minimum Gasteiger partial charge on any atom is -0.392 e. The molecule has 6 heteroatoms. The molecular weight excluding hydrogens is 284 g/mol. The molecule has 2 N–H and O–H groups in total. The Kier molecular flexibility index (Phi) is 4.85.